The van der Waals surface area contributed by atoms with E-state index in [-0.39, 0.29) is 0 Å². The second-order valence-corrected chi connectivity index (χ2v) is 3.42. The summed E-state index contributed by atoms with van der Waals surface area (Å²) >= 11 is 3.57. The van der Waals surface area contributed by atoms with Gasteiger partial charge in [-0.05, 0) is 12.5 Å². The Balaban J connectivity index is 3.86. The molecule has 0 aromatic carbocycles. The van der Waals surface area contributed by atoms with Gasteiger partial charge in [0, 0.05) is 0 Å². The van der Waals surface area contributed by atoms with Gasteiger partial charge in [0.2, 0.25) is 0 Å². The molecule has 1 nitrogen and oxygen atoms in total. The summed E-state index contributed by atoms with van der Waals surface area (Å²) in [6, 6.07) is 0. The molecule has 0 saturated carbocycles. The van der Waals surface area contributed by atoms with E-state index in [9.17, 15) is 0 Å². The van der Waals surface area contributed by atoms with E-state index in [1.165, 1.54) is 4.38 Å². The maximum atomic E-state index is 2.12. The molecule has 0 heterocycles. The van der Waals surface area contributed by atoms with E-state index in [4.69, 9.17) is 0 Å². The van der Waals surface area contributed by atoms with Crippen LogP contribution in [0.5, 0.6) is 0 Å². The smallest absolute Gasteiger partial charge is 0.224 e. The SMILES string of the molecule is CSC(SC)=[N+](C)C. The van der Waals surface area contributed by atoms with E-state index in [0.29, 0.717) is 0 Å². The Morgan fingerprint density at radius 2 is 1.50 bits per heavy atom. The van der Waals surface area contributed by atoms with E-state index in [2.05, 4.69) is 31.2 Å². The van der Waals surface area contributed by atoms with Crippen LogP contribution in [0.4, 0.5) is 0 Å². The molecule has 0 aromatic heterocycles. The molecule has 0 bridgehead atoms. The second-order valence-electron chi connectivity index (χ2n) is 1.57. The normalized spacial score (nSPS) is 9.00. The largest absolute Gasteiger partial charge is 0.268 e. The number of nitrogens with zero attached hydrogens (tertiary/aromatic N) is 1. The standard InChI is InChI=1S/C5H12NS2/c1-6(2)5(7-3)8-4/h1-4H3/q+1. The second kappa shape index (κ2) is 4.27. The van der Waals surface area contributed by atoms with Crippen LogP contribution in [0.25, 0.3) is 0 Å². The Kier molecular flexibility index (Phi) is 4.47. The van der Waals surface area contributed by atoms with Gasteiger partial charge in [0.25, 0.3) is 4.38 Å². The van der Waals surface area contributed by atoms with Gasteiger partial charge in [0.1, 0.15) is 14.1 Å². The molecule has 0 atom stereocenters. The number of hydrogen-bond acceptors (Lipinski definition) is 2. The summed E-state index contributed by atoms with van der Waals surface area (Å²) in [6.07, 6.45) is 4.18. The molecule has 0 aromatic rings. The first-order valence-electron chi connectivity index (χ1n) is 2.34. The summed E-state index contributed by atoms with van der Waals surface area (Å²) in [5.41, 5.74) is 0. The molecular weight excluding hydrogens is 138 g/mol. The van der Waals surface area contributed by atoms with E-state index >= 15 is 0 Å². The molecule has 0 saturated heterocycles. The summed E-state index contributed by atoms with van der Waals surface area (Å²) in [6.45, 7) is 0. The van der Waals surface area contributed by atoms with Crippen molar-refractivity contribution >= 4 is 27.9 Å². The third-order valence-electron chi connectivity index (χ3n) is 0.714. The summed E-state index contributed by atoms with van der Waals surface area (Å²) in [5, 5.41) is 0. The van der Waals surface area contributed by atoms with Gasteiger partial charge in [0.05, 0.1) is 0 Å². The highest BCUT2D eigenvalue weighted by atomic mass is 32.2. The van der Waals surface area contributed by atoms with Crippen molar-refractivity contribution in [1.29, 1.82) is 0 Å². The number of thioether (sulfide) groups is 2. The van der Waals surface area contributed by atoms with Crippen molar-refractivity contribution in [2.24, 2.45) is 0 Å². The van der Waals surface area contributed by atoms with E-state index in [0.717, 1.165) is 0 Å². The molecule has 0 N–H and O–H groups in total. The third kappa shape index (κ3) is 2.62. The van der Waals surface area contributed by atoms with Crippen LogP contribution >= 0.6 is 23.5 Å². The number of hydrogen-bond donors (Lipinski definition) is 0. The van der Waals surface area contributed by atoms with E-state index in [1.54, 1.807) is 23.5 Å². The zero-order valence-corrected chi connectivity index (χ0v) is 7.40. The van der Waals surface area contributed by atoms with Crippen molar-refractivity contribution in [2.45, 2.75) is 0 Å². The summed E-state index contributed by atoms with van der Waals surface area (Å²) < 4.78 is 3.47. The Morgan fingerprint density at radius 3 is 1.50 bits per heavy atom. The van der Waals surface area contributed by atoms with Gasteiger partial charge in [0.15, 0.2) is 0 Å². The molecule has 0 aliphatic heterocycles. The first kappa shape index (κ1) is 8.37. The van der Waals surface area contributed by atoms with Gasteiger partial charge in [-0.3, -0.25) is 0 Å². The Morgan fingerprint density at radius 1 is 1.12 bits per heavy atom. The lowest BCUT2D eigenvalue weighted by Crippen LogP contribution is -2.04. The first-order valence-corrected chi connectivity index (χ1v) is 4.79. The van der Waals surface area contributed by atoms with Crippen LogP contribution in [0, 0.1) is 0 Å². The van der Waals surface area contributed by atoms with Gasteiger partial charge >= 0.3 is 0 Å². The fourth-order valence-electron chi connectivity index (χ4n) is 0.448. The van der Waals surface area contributed by atoms with Crippen LogP contribution in [0.15, 0.2) is 0 Å². The minimum Gasteiger partial charge on any atom is -0.224 e. The molecule has 0 spiro atoms. The van der Waals surface area contributed by atoms with Crippen LogP contribution in [0.1, 0.15) is 0 Å². The number of rotatable bonds is 0. The molecule has 0 rings (SSSR count). The highest BCUT2D eigenvalue weighted by molar-refractivity contribution is 8.38. The van der Waals surface area contributed by atoms with Crippen molar-refractivity contribution in [3.05, 3.63) is 0 Å². The fraction of sp³-hybridized carbons (Fsp3) is 0.800. The summed E-state index contributed by atoms with van der Waals surface area (Å²) in [4.78, 5) is 0. The molecule has 0 aliphatic rings. The van der Waals surface area contributed by atoms with E-state index < -0.39 is 0 Å². The van der Waals surface area contributed by atoms with Crippen molar-refractivity contribution in [3.8, 4) is 0 Å². The summed E-state index contributed by atoms with van der Waals surface area (Å²) in [5.74, 6) is 0. The molecule has 0 amide bonds. The molecule has 3 heteroatoms. The minimum absolute atomic E-state index is 1.35. The molecule has 0 fully saturated rings. The van der Waals surface area contributed by atoms with Gasteiger partial charge in [-0.1, -0.05) is 23.5 Å². The van der Waals surface area contributed by atoms with Crippen LogP contribution < -0.4 is 0 Å². The zero-order chi connectivity index (χ0) is 6.57. The van der Waals surface area contributed by atoms with Gasteiger partial charge in [-0.15, -0.1) is 0 Å². The first-order chi connectivity index (χ1) is 3.72. The van der Waals surface area contributed by atoms with Crippen molar-refractivity contribution < 1.29 is 4.58 Å². The molecule has 0 unspecified atom stereocenters. The molecular formula is C5H12NS2+. The maximum absolute atomic E-state index is 2.12. The lowest BCUT2D eigenvalue weighted by atomic mass is 11.1. The van der Waals surface area contributed by atoms with Gasteiger partial charge < -0.3 is 0 Å². The topological polar surface area (TPSA) is 3.01 Å². The predicted octanol–water partition coefficient (Wildman–Crippen LogP) is 1.34. The van der Waals surface area contributed by atoms with Crippen LogP contribution in [0.3, 0.4) is 0 Å². The minimum atomic E-state index is 1.35. The Labute approximate surface area is 59.6 Å². The fourth-order valence-corrected chi connectivity index (χ4v) is 1.85. The van der Waals surface area contributed by atoms with E-state index in [1.807, 2.05) is 0 Å². The molecule has 8 heavy (non-hydrogen) atoms. The predicted molar refractivity (Wildman–Crippen MR) is 44.1 cm³/mol. The van der Waals surface area contributed by atoms with Gasteiger partial charge in [-0.2, -0.15) is 0 Å². The van der Waals surface area contributed by atoms with Crippen LogP contribution in [-0.4, -0.2) is 35.6 Å². The molecule has 0 radical (unpaired) electrons. The van der Waals surface area contributed by atoms with Crippen LogP contribution in [-0.2, 0) is 0 Å². The third-order valence-corrected chi connectivity index (χ3v) is 3.14. The maximum Gasteiger partial charge on any atom is 0.268 e. The van der Waals surface area contributed by atoms with Crippen molar-refractivity contribution in [2.75, 3.05) is 26.6 Å². The lowest BCUT2D eigenvalue weighted by molar-refractivity contribution is -0.458. The Hall–Kier alpha value is 0.370. The monoisotopic (exact) mass is 150 g/mol. The lowest BCUT2D eigenvalue weighted by Gasteiger charge is -1.92. The van der Waals surface area contributed by atoms with Crippen molar-refractivity contribution in [3.63, 3.8) is 0 Å². The highest BCUT2D eigenvalue weighted by Crippen LogP contribution is 2.08. The van der Waals surface area contributed by atoms with Crippen LogP contribution in [0.2, 0.25) is 0 Å². The average molecular weight is 150 g/mol. The van der Waals surface area contributed by atoms with Gasteiger partial charge in [-0.25, -0.2) is 4.58 Å². The quantitative estimate of drug-likeness (QED) is 0.291. The van der Waals surface area contributed by atoms with Crippen molar-refractivity contribution in [1.82, 2.24) is 0 Å². The zero-order valence-electron chi connectivity index (χ0n) is 5.76. The summed E-state index contributed by atoms with van der Waals surface area (Å²) in [7, 11) is 4.12. The highest BCUT2D eigenvalue weighted by Gasteiger charge is 2.00. The Bertz CT molecular complexity index is 88.6. The molecule has 0 aliphatic carbocycles. The average Bonchev–Trinajstić information content (AvgIpc) is 1.69. The molecule has 48 valence electrons.